The summed E-state index contributed by atoms with van der Waals surface area (Å²) in [5.41, 5.74) is 6.55. The van der Waals surface area contributed by atoms with Crippen LogP contribution < -0.4 is 5.73 Å². The summed E-state index contributed by atoms with van der Waals surface area (Å²) in [5, 5.41) is 0. The van der Waals surface area contributed by atoms with Crippen LogP contribution in [0, 0.1) is 5.92 Å². The summed E-state index contributed by atoms with van der Waals surface area (Å²) in [4.78, 5) is 4.23. The molecule has 2 rings (SSSR count). The van der Waals surface area contributed by atoms with Crippen LogP contribution in [-0.2, 0) is 11.3 Å². The summed E-state index contributed by atoms with van der Waals surface area (Å²) < 4.78 is 5.85. The molecule has 0 saturated heterocycles. The lowest BCUT2D eigenvalue weighted by Crippen LogP contribution is -2.20. The number of hydrogen-bond acceptors (Lipinski definition) is 3. The SMILES string of the molecule is CC1CCC(OCc2cccc(N)n2)CC1. The van der Waals surface area contributed by atoms with E-state index in [1.165, 1.54) is 25.7 Å². The molecule has 0 spiro atoms. The Hall–Kier alpha value is -1.09. The number of anilines is 1. The topological polar surface area (TPSA) is 48.1 Å². The highest BCUT2D eigenvalue weighted by Crippen LogP contribution is 2.26. The fourth-order valence-electron chi connectivity index (χ4n) is 2.18. The zero-order valence-corrected chi connectivity index (χ0v) is 9.86. The van der Waals surface area contributed by atoms with Crippen LogP contribution in [0.3, 0.4) is 0 Å². The summed E-state index contributed by atoms with van der Waals surface area (Å²) in [7, 11) is 0. The van der Waals surface area contributed by atoms with Gasteiger partial charge in [0.25, 0.3) is 0 Å². The number of nitrogens with zero attached hydrogens (tertiary/aromatic N) is 1. The molecule has 1 aliphatic carbocycles. The molecule has 1 aromatic heterocycles. The van der Waals surface area contributed by atoms with Crippen LogP contribution in [0.1, 0.15) is 38.3 Å². The van der Waals surface area contributed by atoms with Gasteiger partial charge in [-0.05, 0) is 43.7 Å². The van der Waals surface area contributed by atoms with E-state index in [1.807, 2.05) is 12.1 Å². The molecule has 1 heterocycles. The molecule has 0 amide bonds. The molecule has 1 aliphatic rings. The maximum Gasteiger partial charge on any atom is 0.123 e. The van der Waals surface area contributed by atoms with E-state index in [0.29, 0.717) is 18.5 Å². The first kappa shape index (κ1) is 11.4. The molecular weight excluding hydrogens is 200 g/mol. The number of rotatable bonds is 3. The van der Waals surface area contributed by atoms with Gasteiger partial charge in [-0.2, -0.15) is 0 Å². The normalized spacial score (nSPS) is 25.6. The minimum absolute atomic E-state index is 0.416. The molecule has 1 fully saturated rings. The Kier molecular flexibility index (Phi) is 3.78. The number of nitrogen functional groups attached to an aromatic ring is 1. The Balaban J connectivity index is 1.79. The van der Waals surface area contributed by atoms with Crippen molar-refractivity contribution in [2.45, 2.75) is 45.3 Å². The first-order chi connectivity index (χ1) is 7.74. The molecular formula is C13H20N2O. The third-order valence-electron chi connectivity index (χ3n) is 3.26. The van der Waals surface area contributed by atoms with Crippen LogP contribution in [0.2, 0.25) is 0 Å². The quantitative estimate of drug-likeness (QED) is 0.852. The van der Waals surface area contributed by atoms with Gasteiger partial charge in [0.05, 0.1) is 18.4 Å². The van der Waals surface area contributed by atoms with Crippen LogP contribution in [0.4, 0.5) is 5.82 Å². The molecule has 0 atom stereocenters. The molecule has 0 aliphatic heterocycles. The zero-order chi connectivity index (χ0) is 11.4. The Morgan fingerprint density at radius 1 is 1.31 bits per heavy atom. The van der Waals surface area contributed by atoms with Gasteiger partial charge < -0.3 is 10.5 Å². The molecule has 0 unspecified atom stereocenters. The fraction of sp³-hybridized carbons (Fsp3) is 0.615. The smallest absolute Gasteiger partial charge is 0.123 e. The highest BCUT2D eigenvalue weighted by atomic mass is 16.5. The zero-order valence-electron chi connectivity index (χ0n) is 9.86. The minimum Gasteiger partial charge on any atom is -0.384 e. The van der Waals surface area contributed by atoms with Gasteiger partial charge >= 0.3 is 0 Å². The number of ether oxygens (including phenoxy) is 1. The Labute approximate surface area is 97.0 Å². The van der Waals surface area contributed by atoms with Gasteiger partial charge in [0.2, 0.25) is 0 Å². The van der Waals surface area contributed by atoms with E-state index in [2.05, 4.69) is 11.9 Å². The molecule has 3 nitrogen and oxygen atoms in total. The van der Waals surface area contributed by atoms with E-state index in [9.17, 15) is 0 Å². The van der Waals surface area contributed by atoms with Crippen molar-refractivity contribution in [1.82, 2.24) is 4.98 Å². The van der Waals surface area contributed by atoms with Gasteiger partial charge in [0.15, 0.2) is 0 Å². The van der Waals surface area contributed by atoms with Gasteiger partial charge in [0, 0.05) is 0 Å². The van der Waals surface area contributed by atoms with E-state index >= 15 is 0 Å². The van der Waals surface area contributed by atoms with Gasteiger partial charge in [-0.1, -0.05) is 13.0 Å². The van der Waals surface area contributed by atoms with Crippen LogP contribution in [0.5, 0.6) is 0 Å². The third kappa shape index (κ3) is 3.20. The van der Waals surface area contributed by atoms with Crippen molar-refractivity contribution < 1.29 is 4.74 Å². The Morgan fingerprint density at radius 2 is 2.06 bits per heavy atom. The number of hydrogen-bond donors (Lipinski definition) is 1. The van der Waals surface area contributed by atoms with E-state index in [0.717, 1.165) is 11.6 Å². The lowest BCUT2D eigenvalue weighted by Gasteiger charge is -2.26. The van der Waals surface area contributed by atoms with E-state index in [4.69, 9.17) is 10.5 Å². The minimum atomic E-state index is 0.416. The average Bonchev–Trinajstić information content (AvgIpc) is 2.28. The number of pyridine rings is 1. The lowest BCUT2D eigenvalue weighted by molar-refractivity contribution is 0.00733. The monoisotopic (exact) mass is 220 g/mol. The average molecular weight is 220 g/mol. The fourth-order valence-corrected chi connectivity index (χ4v) is 2.18. The van der Waals surface area contributed by atoms with Crippen molar-refractivity contribution in [1.29, 1.82) is 0 Å². The van der Waals surface area contributed by atoms with Crippen LogP contribution in [-0.4, -0.2) is 11.1 Å². The molecule has 0 bridgehead atoms. The van der Waals surface area contributed by atoms with Gasteiger partial charge in [-0.3, -0.25) is 0 Å². The maximum absolute atomic E-state index is 5.85. The highest BCUT2D eigenvalue weighted by molar-refractivity contribution is 5.28. The molecule has 3 heteroatoms. The van der Waals surface area contributed by atoms with Crippen LogP contribution in [0.15, 0.2) is 18.2 Å². The van der Waals surface area contributed by atoms with Crippen molar-refractivity contribution in [2.75, 3.05) is 5.73 Å². The van der Waals surface area contributed by atoms with Crippen molar-refractivity contribution in [3.8, 4) is 0 Å². The number of nitrogens with two attached hydrogens (primary N) is 1. The van der Waals surface area contributed by atoms with Gasteiger partial charge in [-0.25, -0.2) is 4.98 Å². The standard InChI is InChI=1S/C13H20N2O/c1-10-5-7-12(8-6-10)16-9-11-3-2-4-13(14)15-11/h2-4,10,12H,5-9H2,1H3,(H2,14,15). The molecule has 16 heavy (non-hydrogen) atoms. The Bertz CT molecular complexity index is 332. The summed E-state index contributed by atoms with van der Waals surface area (Å²) in [6.45, 7) is 2.90. The van der Waals surface area contributed by atoms with Crippen molar-refractivity contribution in [3.63, 3.8) is 0 Å². The summed E-state index contributed by atoms with van der Waals surface area (Å²) in [6, 6.07) is 5.68. The van der Waals surface area contributed by atoms with Crippen molar-refractivity contribution in [2.24, 2.45) is 5.92 Å². The predicted molar refractivity (Wildman–Crippen MR) is 64.9 cm³/mol. The molecule has 1 aromatic rings. The third-order valence-corrected chi connectivity index (χ3v) is 3.26. The Morgan fingerprint density at radius 3 is 2.75 bits per heavy atom. The van der Waals surface area contributed by atoms with Crippen molar-refractivity contribution in [3.05, 3.63) is 23.9 Å². The first-order valence-electron chi connectivity index (χ1n) is 6.07. The second kappa shape index (κ2) is 5.30. The first-order valence-corrected chi connectivity index (χ1v) is 6.07. The largest absolute Gasteiger partial charge is 0.384 e. The summed E-state index contributed by atoms with van der Waals surface area (Å²) in [6.07, 6.45) is 5.36. The molecule has 0 radical (unpaired) electrons. The molecule has 0 aromatic carbocycles. The molecule has 2 N–H and O–H groups in total. The lowest BCUT2D eigenvalue weighted by atomic mass is 9.89. The van der Waals surface area contributed by atoms with Crippen molar-refractivity contribution >= 4 is 5.82 Å². The van der Waals surface area contributed by atoms with E-state index in [1.54, 1.807) is 6.07 Å². The predicted octanol–water partition coefficient (Wildman–Crippen LogP) is 2.76. The maximum atomic E-state index is 5.85. The van der Waals surface area contributed by atoms with Gasteiger partial charge in [0.1, 0.15) is 5.82 Å². The molecule has 1 saturated carbocycles. The second-order valence-corrected chi connectivity index (χ2v) is 4.75. The second-order valence-electron chi connectivity index (χ2n) is 4.75. The van der Waals surface area contributed by atoms with E-state index in [-0.39, 0.29) is 0 Å². The van der Waals surface area contributed by atoms with E-state index < -0.39 is 0 Å². The highest BCUT2D eigenvalue weighted by Gasteiger charge is 2.18. The van der Waals surface area contributed by atoms with Gasteiger partial charge in [-0.15, -0.1) is 0 Å². The van der Waals surface area contributed by atoms with Crippen LogP contribution >= 0.6 is 0 Å². The molecule has 88 valence electrons. The summed E-state index contributed by atoms with van der Waals surface area (Å²) >= 11 is 0. The number of aromatic nitrogens is 1. The van der Waals surface area contributed by atoms with Crippen LogP contribution in [0.25, 0.3) is 0 Å². The summed E-state index contributed by atoms with van der Waals surface area (Å²) in [5.74, 6) is 1.43.